The molecule has 0 saturated carbocycles. The summed E-state index contributed by atoms with van der Waals surface area (Å²) in [4.78, 5) is 31.8. The third-order valence-electron chi connectivity index (χ3n) is 4.16. The molecule has 2 aromatic rings. The zero-order valence-corrected chi connectivity index (χ0v) is 13.8. The van der Waals surface area contributed by atoms with E-state index in [0.29, 0.717) is 37.4 Å². The smallest absolute Gasteiger partial charge is 0.339 e. The maximum Gasteiger partial charge on any atom is 0.339 e. The van der Waals surface area contributed by atoms with Crippen molar-refractivity contribution >= 4 is 17.6 Å². The highest BCUT2D eigenvalue weighted by Gasteiger charge is 2.23. The Hall–Kier alpha value is -2.96. The second-order valence-corrected chi connectivity index (χ2v) is 5.68. The fourth-order valence-electron chi connectivity index (χ4n) is 2.74. The Bertz CT molecular complexity index is 754. The van der Waals surface area contributed by atoms with E-state index in [1.54, 1.807) is 17.0 Å². The number of anilines is 1. The van der Waals surface area contributed by atoms with Gasteiger partial charge in [0.15, 0.2) is 0 Å². The van der Waals surface area contributed by atoms with Crippen LogP contribution in [0.3, 0.4) is 0 Å². The van der Waals surface area contributed by atoms with Gasteiger partial charge in [-0.1, -0.05) is 0 Å². The summed E-state index contributed by atoms with van der Waals surface area (Å²) in [7, 11) is 1.29. The average Bonchev–Trinajstić information content (AvgIpc) is 2.67. The number of aromatic nitrogens is 1. The predicted octanol–water partition coefficient (Wildman–Crippen LogP) is 1.97. The van der Waals surface area contributed by atoms with Gasteiger partial charge in [-0.3, -0.25) is 9.78 Å². The van der Waals surface area contributed by atoms with Gasteiger partial charge in [-0.2, -0.15) is 0 Å². The predicted molar refractivity (Wildman–Crippen MR) is 90.1 cm³/mol. The highest BCUT2D eigenvalue weighted by Crippen LogP contribution is 2.17. The first kappa shape index (κ1) is 16.9. The molecule has 1 aliphatic rings. The molecule has 1 aliphatic heterocycles. The standard InChI is InChI=1S/C18H18FN3O3/c1-25-18(24)13-2-7-16(20-12-13)17(23)22-10-8-21(9-11-22)15-5-3-14(19)4-6-15/h2-7,12H,8-11H2,1H3. The number of halogens is 1. The Morgan fingerprint density at radius 2 is 1.72 bits per heavy atom. The monoisotopic (exact) mass is 343 g/mol. The van der Waals surface area contributed by atoms with Gasteiger partial charge >= 0.3 is 5.97 Å². The van der Waals surface area contributed by atoms with Gasteiger partial charge in [0.05, 0.1) is 12.7 Å². The summed E-state index contributed by atoms with van der Waals surface area (Å²) in [5.41, 5.74) is 1.54. The van der Waals surface area contributed by atoms with Gasteiger partial charge in [0, 0.05) is 38.1 Å². The zero-order valence-electron chi connectivity index (χ0n) is 13.8. The third kappa shape index (κ3) is 3.76. The van der Waals surface area contributed by atoms with Gasteiger partial charge in [0.1, 0.15) is 11.5 Å². The molecule has 0 bridgehead atoms. The molecule has 1 saturated heterocycles. The van der Waals surface area contributed by atoms with Crippen molar-refractivity contribution in [1.29, 1.82) is 0 Å². The lowest BCUT2D eigenvalue weighted by Crippen LogP contribution is -2.49. The molecule has 25 heavy (non-hydrogen) atoms. The largest absolute Gasteiger partial charge is 0.465 e. The fraction of sp³-hybridized carbons (Fsp3) is 0.278. The highest BCUT2D eigenvalue weighted by molar-refractivity contribution is 5.94. The van der Waals surface area contributed by atoms with Crippen LogP contribution < -0.4 is 4.90 Å². The molecule has 0 N–H and O–H groups in total. The lowest BCUT2D eigenvalue weighted by molar-refractivity contribution is 0.0599. The van der Waals surface area contributed by atoms with E-state index < -0.39 is 5.97 Å². The molecule has 0 spiro atoms. The third-order valence-corrected chi connectivity index (χ3v) is 4.16. The maximum atomic E-state index is 13.0. The summed E-state index contributed by atoms with van der Waals surface area (Å²) in [5, 5.41) is 0. The Morgan fingerprint density at radius 3 is 2.28 bits per heavy atom. The number of piperazine rings is 1. The van der Waals surface area contributed by atoms with Crippen molar-refractivity contribution in [3.63, 3.8) is 0 Å². The summed E-state index contributed by atoms with van der Waals surface area (Å²) in [6, 6.07) is 9.39. The van der Waals surface area contributed by atoms with Crippen molar-refractivity contribution in [2.75, 3.05) is 38.2 Å². The van der Waals surface area contributed by atoms with E-state index in [2.05, 4.69) is 14.6 Å². The van der Waals surface area contributed by atoms with Gasteiger partial charge in [0.25, 0.3) is 5.91 Å². The molecule has 1 fully saturated rings. The molecule has 7 heteroatoms. The van der Waals surface area contributed by atoms with Gasteiger partial charge in [-0.15, -0.1) is 0 Å². The van der Waals surface area contributed by atoms with Crippen LogP contribution in [0.15, 0.2) is 42.6 Å². The maximum absolute atomic E-state index is 13.0. The van der Waals surface area contributed by atoms with Crippen LogP contribution >= 0.6 is 0 Å². The molecular formula is C18H18FN3O3. The van der Waals surface area contributed by atoms with Crippen LogP contribution in [0.1, 0.15) is 20.8 Å². The molecule has 6 nitrogen and oxygen atoms in total. The van der Waals surface area contributed by atoms with Crippen molar-refractivity contribution in [2.45, 2.75) is 0 Å². The summed E-state index contributed by atoms with van der Waals surface area (Å²) < 4.78 is 17.6. The van der Waals surface area contributed by atoms with E-state index >= 15 is 0 Å². The average molecular weight is 343 g/mol. The summed E-state index contributed by atoms with van der Waals surface area (Å²) in [6.07, 6.45) is 1.34. The number of benzene rings is 1. The van der Waals surface area contributed by atoms with Gasteiger partial charge < -0.3 is 14.5 Å². The summed E-state index contributed by atoms with van der Waals surface area (Å²) >= 11 is 0. The second-order valence-electron chi connectivity index (χ2n) is 5.68. The molecule has 1 aromatic heterocycles. The van der Waals surface area contributed by atoms with Crippen molar-refractivity contribution in [2.24, 2.45) is 0 Å². The Labute approximate surface area is 144 Å². The van der Waals surface area contributed by atoms with Crippen molar-refractivity contribution in [1.82, 2.24) is 9.88 Å². The first-order valence-corrected chi connectivity index (χ1v) is 7.92. The summed E-state index contributed by atoms with van der Waals surface area (Å²) in [5.74, 6) is -0.923. The molecule has 0 aliphatic carbocycles. The second kappa shape index (κ2) is 7.29. The number of esters is 1. The first-order valence-electron chi connectivity index (χ1n) is 7.92. The number of carbonyl (C=O) groups is 2. The van der Waals surface area contributed by atoms with E-state index in [-0.39, 0.29) is 11.7 Å². The molecule has 0 atom stereocenters. The van der Waals surface area contributed by atoms with Crippen LogP contribution in [0.4, 0.5) is 10.1 Å². The van der Waals surface area contributed by atoms with E-state index in [9.17, 15) is 14.0 Å². The van der Waals surface area contributed by atoms with Gasteiger partial charge in [-0.05, 0) is 36.4 Å². The number of carbonyl (C=O) groups excluding carboxylic acids is 2. The SMILES string of the molecule is COC(=O)c1ccc(C(=O)N2CCN(c3ccc(F)cc3)CC2)nc1. The van der Waals surface area contributed by atoms with Crippen molar-refractivity contribution in [3.8, 4) is 0 Å². The number of pyridine rings is 1. The molecule has 0 unspecified atom stereocenters. The number of methoxy groups -OCH3 is 1. The number of nitrogens with zero attached hydrogens (tertiary/aromatic N) is 3. The van der Waals surface area contributed by atoms with Crippen LogP contribution in [0.2, 0.25) is 0 Å². The number of ether oxygens (including phenoxy) is 1. The van der Waals surface area contributed by atoms with E-state index in [1.165, 1.54) is 37.6 Å². The minimum absolute atomic E-state index is 0.171. The lowest BCUT2D eigenvalue weighted by Gasteiger charge is -2.36. The Balaban J connectivity index is 1.61. The molecule has 130 valence electrons. The summed E-state index contributed by atoms with van der Waals surface area (Å²) in [6.45, 7) is 2.43. The Morgan fingerprint density at radius 1 is 1.04 bits per heavy atom. The molecule has 1 aromatic carbocycles. The highest BCUT2D eigenvalue weighted by atomic mass is 19.1. The van der Waals surface area contributed by atoms with Crippen molar-refractivity contribution < 1.29 is 18.7 Å². The topological polar surface area (TPSA) is 62.7 Å². The van der Waals surface area contributed by atoms with Gasteiger partial charge in [-0.25, -0.2) is 9.18 Å². The van der Waals surface area contributed by atoms with E-state index in [0.717, 1.165) is 5.69 Å². The molecule has 3 rings (SSSR count). The molecule has 0 radical (unpaired) electrons. The number of hydrogen-bond donors (Lipinski definition) is 0. The van der Waals surface area contributed by atoms with E-state index in [1.807, 2.05) is 0 Å². The Kier molecular flexibility index (Phi) is 4.92. The lowest BCUT2D eigenvalue weighted by atomic mass is 10.2. The number of hydrogen-bond acceptors (Lipinski definition) is 5. The van der Waals surface area contributed by atoms with Crippen LogP contribution in [-0.4, -0.2) is 55.0 Å². The van der Waals surface area contributed by atoms with Crippen molar-refractivity contribution in [3.05, 3.63) is 59.7 Å². The number of amides is 1. The van der Waals surface area contributed by atoms with Gasteiger partial charge in [0.2, 0.25) is 0 Å². The fourth-order valence-corrected chi connectivity index (χ4v) is 2.74. The zero-order chi connectivity index (χ0) is 17.8. The van der Waals surface area contributed by atoms with E-state index in [4.69, 9.17) is 0 Å². The van der Waals surface area contributed by atoms with Crippen LogP contribution in [-0.2, 0) is 4.74 Å². The van der Waals surface area contributed by atoms with Crippen LogP contribution in [0, 0.1) is 5.82 Å². The minimum atomic E-state index is -0.487. The quantitative estimate of drug-likeness (QED) is 0.798. The minimum Gasteiger partial charge on any atom is -0.465 e. The normalized spacial score (nSPS) is 14.3. The molecule has 2 heterocycles. The van der Waals surface area contributed by atoms with Crippen LogP contribution in [0.25, 0.3) is 0 Å². The number of rotatable bonds is 3. The molecule has 1 amide bonds. The first-order chi connectivity index (χ1) is 12.1. The van der Waals surface area contributed by atoms with Crippen LogP contribution in [0.5, 0.6) is 0 Å². The molecular weight excluding hydrogens is 325 g/mol.